The van der Waals surface area contributed by atoms with Crippen LogP contribution in [0.5, 0.6) is 0 Å². The molecule has 0 aliphatic heterocycles. The Kier molecular flexibility index (Phi) is 10.6. The van der Waals surface area contributed by atoms with Crippen molar-refractivity contribution in [2.75, 3.05) is 26.8 Å². The Morgan fingerprint density at radius 1 is 1.41 bits per heavy atom. The smallest absolute Gasteiger partial charge is 0.191 e. The summed E-state index contributed by atoms with van der Waals surface area (Å²) in [6, 6.07) is 0.512. The van der Waals surface area contributed by atoms with E-state index in [1.807, 2.05) is 6.92 Å². The Morgan fingerprint density at radius 2 is 2.12 bits per heavy atom. The van der Waals surface area contributed by atoms with Gasteiger partial charge in [-0.1, -0.05) is 12.2 Å². The molecule has 0 heterocycles. The molecule has 0 aromatic rings. The second-order valence-electron chi connectivity index (χ2n) is 3.83. The molecule has 0 bridgehead atoms. The fourth-order valence-corrected chi connectivity index (χ4v) is 1.65. The van der Waals surface area contributed by atoms with Crippen molar-refractivity contribution in [2.45, 2.75) is 32.2 Å². The molecule has 0 saturated carbocycles. The van der Waals surface area contributed by atoms with Crippen LogP contribution in [0.25, 0.3) is 0 Å². The molecule has 1 aliphatic rings. The molecular weight excluding hydrogens is 329 g/mol. The van der Waals surface area contributed by atoms with Crippen LogP contribution in [0.2, 0.25) is 0 Å². The van der Waals surface area contributed by atoms with Crippen molar-refractivity contribution in [3.05, 3.63) is 12.2 Å². The van der Waals surface area contributed by atoms with Crippen LogP contribution in [0.4, 0.5) is 0 Å². The molecule has 5 heteroatoms. The summed E-state index contributed by atoms with van der Waals surface area (Å²) < 4.78 is 5.27. The first kappa shape index (κ1) is 16.7. The summed E-state index contributed by atoms with van der Waals surface area (Å²) in [5.74, 6) is 0.894. The van der Waals surface area contributed by atoms with Gasteiger partial charge in [-0.3, -0.25) is 4.99 Å². The molecule has 0 unspecified atom stereocenters. The molecule has 0 aromatic carbocycles. The third-order valence-electron chi connectivity index (χ3n) is 2.53. The second kappa shape index (κ2) is 10.8. The lowest BCUT2D eigenvalue weighted by Crippen LogP contribution is -2.42. The Hall–Kier alpha value is -0.300. The van der Waals surface area contributed by atoms with E-state index in [1.165, 1.54) is 0 Å². The van der Waals surface area contributed by atoms with E-state index in [4.69, 9.17) is 4.74 Å². The van der Waals surface area contributed by atoms with Gasteiger partial charge in [-0.2, -0.15) is 0 Å². The summed E-state index contributed by atoms with van der Waals surface area (Å²) in [4.78, 5) is 4.20. The monoisotopic (exact) mass is 353 g/mol. The summed E-state index contributed by atoms with van der Waals surface area (Å²) in [6.45, 7) is 4.52. The van der Waals surface area contributed by atoms with E-state index in [-0.39, 0.29) is 24.0 Å². The van der Waals surface area contributed by atoms with Gasteiger partial charge in [0.15, 0.2) is 5.96 Å². The first-order valence-electron chi connectivity index (χ1n) is 6.06. The van der Waals surface area contributed by atoms with E-state index < -0.39 is 0 Å². The molecule has 1 rings (SSSR count). The fourth-order valence-electron chi connectivity index (χ4n) is 1.65. The number of halogens is 1. The van der Waals surface area contributed by atoms with Crippen LogP contribution in [0.3, 0.4) is 0 Å². The maximum absolute atomic E-state index is 5.27. The summed E-state index contributed by atoms with van der Waals surface area (Å²) >= 11 is 0. The quantitative estimate of drug-likeness (QED) is 0.252. The maximum Gasteiger partial charge on any atom is 0.191 e. The third kappa shape index (κ3) is 7.59. The van der Waals surface area contributed by atoms with Gasteiger partial charge in [-0.15, -0.1) is 24.0 Å². The van der Waals surface area contributed by atoms with Crippen molar-refractivity contribution < 1.29 is 4.74 Å². The van der Waals surface area contributed by atoms with Crippen LogP contribution >= 0.6 is 24.0 Å². The largest absolute Gasteiger partial charge is 0.382 e. The highest BCUT2D eigenvalue weighted by Crippen LogP contribution is 2.08. The zero-order valence-corrected chi connectivity index (χ0v) is 13.1. The maximum atomic E-state index is 5.27. The zero-order valence-electron chi connectivity index (χ0n) is 10.7. The van der Waals surface area contributed by atoms with Gasteiger partial charge in [-0.05, 0) is 26.2 Å². The van der Waals surface area contributed by atoms with Crippen molar-refractivity contribution in [1.29, 1.82) is 0 Å². The van der Waals surface area contributed by atoms with E-state index in [0.717, 1.165) is 45.0 Å². The molecule has 17 heavy (non-hydrogen) atoms. The summed E-state index contributed by atoms with van der Waals surface area (Å²) in [5.41, 5.74) is 0. The molecule has 2 N–H and O–H groups in total. The number of ether oxygens (including phenoxy) is 1. The van der Waals surface area contributed by atoms with Crippen molar-refractivity contribution in [3.8, 4) is 0 Å². The Labute approximate surface area is 121 Å². The SMILES string of the molecule is CCOCCCNC(=NC)NC1CC=CC1.I. The average molecular weight is 353 g/mol. The minimum Gasteiger partial charge on any atom is -0.382 e. The van der Waals surface area contributed by atoms with Gasteiger partial charge in [0.1, 0.15) is 0 Å². The average Bonchev–Trinajstić information content (AvgIpc) is 2.80. The lowest BCUT2D eigenvalue weighted by molar-refractivity contribution is 0.145. The van der Waals surface area contributed by atoms with Crippen molar-refractivity contribution in [1.82, 2.24) is 10.6 Å². The minimum atomic E-state index is 0. The highest BCUT2D eigenvalue weighted by molar-refractivity contribution is 14.0. The molecule has 0 amide bonds. The Balaban J connectivity index is 0.00000256. The van der Waals surface area contributed by atoms with Crippen LogP contribution in [0.15, 0.2) is 17.1 Å². The zero-order chi connectivity index (χ0) is 11.6. The molecule has 1 aliphatic carbocycles. The number of rotatable bonds is 6. The number of nitrogens with zero attached hydrogens (tertiary/aromatic N) is 1. The first-order chi connectivity index (χ1) is 7.86. The second-order valence-corrected chi connectivity index (χ2v) is 3.83. The van der Waals surface area contributed by atoms with E-state index in [1.54, 1.807) is 7.05 Å². The van der Waals surface area contributed by atoms with Crippen LogP contribution < -0.4 is 10.6 Å². The van der Waals surface area contributed by atoms with Crippen molar-refractivity contribution in [3.63, 3.8) is 0 Å². The van der Waals surface area contributed by atoms with Gasteiger partial charge in [0.25, 0.3) is 0 Å². The van der Waals surface area contributed by atoms with Crippen LogP contribution in [0.1, 0.15) is 26.2 Å². The molecule has 0 fully saturated rings. The van der Waals surface area contributed by atoms with Crippen LogP contribution in [-0.2, 0) is 4.74 Å². The van der Waals surface area contributed by atoms with Gasteiger partial charge >= 0.3 is 0 Å². The van der Waals surface area contributed by atoms with Crippen LogP contribution in [-0.4, -0.2) is 38.8 Å². The van der Waals surface area contributed by atoms with Crippen LogP contribution in [0, 0.1) is 0 Å². The van der Waals surface area contributed by atoms with Gasteiger partial charge in [0, 0.05) is 32.8 Å². The van der Waals surface area contributed by atoms with E-state index in [2.05, 4.69) is 27.8 Å². The van der Waals surface area contributed by atoms with E-state index in [9.17, 15) is 0 Å². The fraction of sp³-hybridized carbons (Fsp3) is 0.750. The molecule has 0 aromatic heterocycles. The highest BCUT2D eigenvalue weighted by atomic mass is 127. The third-order valence-corrected chi connectivity index (χ3v) is 2.53. The number of hydrogen-bond donors (Lipinski definition) is 2. The molecule has 4 nitrogen and oxygen atoms in total. The molecule has 0 spiro atoms. The number of guanidine groups is 1. The molecule has 100 valence electrons. The van der Waals surface area contributed by atoms with Gasteiger partial charge in [-0.25, -0.2) is 0 Å². The molecule has 0 atom stereocenters. The minimum absolute atomic E-state index is 0. The van der Waals surface area contributed by atoms with E-state index >= 15 is 0 Å². The highest BCUT2D eigenvalue weighted by Gasteiger charge is 2.10. The van der Waals surface area contributed by atoms with E-state index in [0.29, 0.717) is 6.04 Å². The number of nitrogens with one attached hydrogen (secondary N) is 2. The first-order valence-corrected chi connectivity index (χ1v) is 6.06. The van der Waals surface area contributed by atoms with Gasteiger partial charge < -0.3 is 15.4 Å². The standard InChI is InChI=1S/C12H23N3O.HI/c1-3-16-10-6-9-14-12(13-2)15-11-7-4-5-8-11;/h4-5,11H,3,6-10H2,1-2H3,(H2,13,14,15);1H. The number of aliphatic imine (C=N–C) groups is 1. The number of hydrogen-bond acceptors (Lipinski definition) is 2. The molecular formula is C12H24IN3O. The summed E-state index contributed by atoms with van der Waals surface area (Å²) in [5, 5.41) is 6.68. The predicted octanol–water partition coefficient (Wildman–Crippen LogP) is 1.91. The van der Waals surface area contributed by atoms with Gasteiger partial charge in [0.2, 0.25) is 0 Å². The lowest BCUT2D eigenvalue weighted by atomic mass is 10.2. The molecule has 0 radical (unpaired) electrons. The predicted molar refractivity (Wildman–Crippen MR) is 83.2 cm³/mol. The Bertz CT molecular complexity index is 236. The summed E-state index contributed by atoms with van der Waals surface area (Å²) in [6.07, 6.45) is 7.62. The topological polar surface area (TPSA) is 45.6 Å². The normalized spacial score (nSPS) is 15.8. The van der Waals surface area contributed by atoms with Crippen molar-refractivity contribution >= 4 is 29.9 Å². The Morgan fingerprint density at radius 3 is 2.71 bits per heavy atom. The van der Waals surface area contributed by atoms with Crippen molar-refractivity contribution in [2.24, 2.45) is 4.99 Å². The lowest BCUT2D eigenvalue weighted by Gasteiger charge is -2.16. The molecule has 0 saturated heterocycles. The summed E-state index contributed by atoms with van der Waals surface area (Å²) in [7, 11) is 1.81. The van der Waals surface area contributed by atoms with Gasteiger partial charge in [0.05, 0.1) is 0 Å².